The number of ether oxygens (including phenoxy) is 6. The van der Waals surface area contributed by atoms with Crippen LogP contribution < -0.4 is 10.6 Å². The van der Waals surface area contributed by atoms with E-state index < -0.39 is 167 Å². The Balaban J connectivity index is 0.000000821. The molecule has 3 saturated heterocycles. The molecule has 3 rings (SSSR count). The monoisotopic (exact) mass is 1700 g/mol. The Kier molecular flexibility index (Phi) is 70.9. The van der Waals surface area contributed by atoms with Gasteiger partial charge in [-0.2, -0.15) is 0 Å². The number of aliphatic hydroxyl groups is 15. The third-order valence-corrected chi connectivity index (χ3v) is 23.4. The third kappa shape index (κ3) is 52.7. The summed E-state index contributed by atoms with van der Waals surface area (Å²) in [6.45, 7) is 6.14. The summed E-state index contributed by atoms with van der Waals surface area (Å²) in [6, 6.07) is -2.09. The minimum absolute atomic E-state index is 0.250. The van der Waals surface area contributed by atoms with Gasteiger partial charge in [0.1, 0.15) is 85.5 Å². The van der Waals surface area contributed by atoms with Gasteiger partial charge in [-0.25, -0.2) is 0 Å². The van der Waals surface area contributed by atoms with Crippen LogP contribution in [0.1, 0.15) is 374 Å². The molecule has 0 aromatic rings. The van der Waals surface area contributed by atoms with Crippen LogP contribution in [-0.4, -0.2) is 250 Å². The SMILES string of the molecule is CCCCCCCCC/C=C\CC/C=C/C(O)C(COC1OC(CO)C(O)C(O)C1O)NC(=O)C(O)CCCCCCCCCCCCCCCCCC.CCCCCCCCC/C=C\CC/C=C/C(O)C(COC1OC(CO)C(OC2OC(CO)C(O)C(O)C2O)C(O)C1O)NC(=O)C(O)CCCCCCCCCCCCCCCCCC. The minimum Gasteiger partial charge on any atom is -0.394 e. The molecule has 0 aromatic heterocycles. The number of rotatable bonds is 75. The summed E-state index contributed by atoms with van der Waals surface area (Å²) in [6.07, 6.45) is 49.5. The van der Waals surface area contributed by atoms with E-state index in [9.17, 15) is 86.2 Å². The van der Waals surface area contributed by atoms with Gasteiger partial charge < -0.3 is 116 Å². The number of nitrogens with one attached hydrogen (secondary N) is 2. The van der Waals surface area contributed by atoms with Gasteiger partial charge in [-0.15, -0.1) is 0 Å². The van der Waals surface area contributed by atoms with E-state index >= 15 is 0 Å². The average Bonchev–Trinajstić information content (AvgIpc) is 0.780. The largest absolute Gasteiger partial charge is 0.394 e. The molecule has 21 atom stereocenters. The molecule has 119 heavy (non-hydrogen) atoms. The lowest BCUT2D eigenvalue weighted by Crippen LogP contribution is -2.65. The second-order valence-electron chi connectivity index (χ2n) is 34.1. The highest BCUT2D eigenvalue weighted by Gasteiger charge is 2.51. The van der Waals surface area contributed by atoms with Crippen LogP contribution in [0.15, 0.2) is 48.6 Å². The van der Waals surface area contributed by atoms with E-state index in [0.29, 0.717) is 32.1 Å². The summed E-state index contributed by atoms with van der Waals surface area (Å²) in [7, 11) is 0. The Bertz CT molecular complexity index is 2450. The van der Waals surface area contributed by atoms with Gasteiger partial charge in [0.2, 0.25) is 11.8 Å². The second kappa shape index (κ2) is 75.2. The first kappa shape index (κ1) is 112. The molecule has 0 aliphatic carbocycles. The van der Waals surface area contributed by atoms with Crippen molar-refractivity contribution in [3.63, 3.8) is 0 Å². The van der Waals surface area contributed by atoms with Crippen LogP contribution in [0.25, 0.3) is 0 Å². The van der Waals surface area contributed by atoms with Crippen molar-refractivity contribution in [2.75, 3.05) is 33.0 Å². The number of allylic oxidation sites excluding steroid dienone is 6. The molecule has 25 nitrogen and oxygen atoms in total. The summed E-state index contributed by atoms with van der Waals surface area (Å²) in [5, 5.41) is 162. The van der Waals surface area contributed by atoms with Crippen molar-refractivity contribution in [1.82, 2.24) is 10.6 Å². The lowest BCUT2D eigenvalue weighted by molar-refractivity contribution is -0.359. The van der Waals surface area contributed by atoms with Crippen LogP contribution >= 0.6 is 0 Å². The molecular formula is C94H176N2O23. The molecule has 0 saturated carbocycles. The Morgan fingerprint density at radius 3 is 0.866 bits per heavy atom. The number of carbonyl (C=O) groups is 2. The molecular weight excluding hydrogens is 1530 g/mol. The zero-order valence-electron chi connectivity index (χ0n) is 74.4. The third-order valence-electron chi connectivity index (χ3n) is 23.4. The summed E-state index contributed by atoms with van der Waals surface area (Å²) in [5.74, 6) is -1.31. The van der Waals surface area contributed by atoms with Crippen LogP contribution in [0.5, 0.6) is 0 Å². The summed E-state index contributed by atoms with van der Waals surface area (Å²) >= 11 is 0. The molecule has 17 N–H and O–H groups in total. The zero-order valence-corrected chi connectivity index (χ0v) is 74.4. The number of hydrogen-bond acceptors (Lipinski definition) is 23. The molecule has 3 aliphatic rings. The zero-order chi connectivity index (χ0) is 87.3. The van der Waals surface area contributed by atoms with E-state index in [4.69, 9.17) is 28.4 Å². The molecule has 0 radical (unpaired) electrons. The van der Waals surface area contributed by atoms with E-state index in [-0.39, 0.29) is 13.0 Å². The quantitative estimate of drug-likeness (QED) is 0.0199. The smallest absolute Gasteiger partial charge is 0.249 e. The van der Waals surface area contributed by atoms with E-state index in [0.717, 1.165) is 70.6 Å². The molecule has 700 valence electrons. The topological polar surface area (TPSA) is 417 Å². The van der Waals surface area contributed by atoms with Crippen molar-refractivity contribution in [3.8, 4) is 0 Å². The van der Waals surface area contributed by atoms with Crippen LogP contribution in [0, 0.1) is 0 Å². The molecule has 3 fully saturated rings. The first-order chi connectivity index (χ1) is 57.8. The Morgan fingerprint density at radius 1 is 0.303 bits per heavy atom. The molecule has 3 aliphatic heterocycles. The van der Waals surface area contributed by atoms with Gasteiger partial charge in [0, 0.05) is 0 Å². The highest BCUT2D eigenvalue weighted by atomic mass is 16.7. The van der Waals surface area contributed by atoms with Crippen LogP contribution in [0.2, 0.25) is 0 Å². The summed E-state index contributed by atoms with van der Waals surface area (Å²) < 4.78 is 33.7. The van der Waals surface area contributed by atoms with Crippen molar-refractivity contribution >= 4 is 11.8 Å². The highest BCUT2D eigenvalue weighted by molar-refractivity contribution is 5.81. The van der Waals surface area contributed by atoms with Gasteiger partial charge in [0.25, 0.3) is 0 Å². The Hall–Kier alpha value is -2.94. The highest BCUT2D eigenvalue weighted by Crippen LogP contribution is 2.31. The normalized spacial score (nSPS) is 25.2. The first-order valence-corrected chi connectivity index (χ1v) is 47.8. The van der Waals surface area contributed by atoms with Gasteiger partial charge in [-0.05, 0) is 64.2 Å². The van der Waals surface area contributed by atoms with Crippen molar-refractivity contribution in [2.45, 2.75) is 503 Å². The van der Waals surface area contributed by atoms with Crippen LogP contribution in [-0.2, 0) is 38.0 Å². The number of amides is 2. The lowest BCUT2D eigenvalue weighted by Gasteiger charge is -2.46. The Morgan fingerprint density at radius 2 is 0.555 bits per heavy atom. The van der Waals surface area contributed by atoms with E-state index in [1.807, 2.05) is 6.08 Å². The fraction of sp³-hybridized carbons (Fsp3) is 0.894. The molecule has 0 bridgehead atoms. The molecule has 3 heterocycles. The van der Waals surface area contributed by atoms with Gasteiger partial charge in [0.05, 0.1) is 57.3 Å². The Labute approximate surface area is 718 Å². The lowest BCUT2D eigenvalue weighted by atomic mass is 9.97. The maximum Gasteiger partial charge on any atom is 0.249 e. The van der Waals surface area contributed by atoms with Crippen molar-refractivity contribution in [3.05, 3.63) is 48.6 Å². The molecule has 21 unspecified atom stereocenters. The fourth-order valence-corrected chi connectivity index (χ4v) is 15.4. The average molecular weight is 1700 g/mol. The summed E-state index contributed by atoms with van der Waals surface area (Å²) in [5.41, 5.74) is 0. The van der Waals surface area contributed by atoms with E-state index in [2.05, 4.69) is 62.6 Å². The van der Waals surface area contributed by atoms with Gasteiger partial charge in [-0.1, -0.05) is 359 Å². The first-order valence-electron chi connectivity index (χ1n) is 47.8. The number of unbranched alkanes of at least 4 members (excludes halogenated alkanes) is 46. The maximum atomic E-state index is 13.2. The second-order valence-corrected chi connectivity index (χ2v) is 34.1. The molecule has 0 spiro atoms. The summed E-state index contributed by atoms with van der Waals surface area (Å²) in [4.78, 5) is 26.2. The molecule has 25 heteroatoms. The number of aliphatic hydroxyl groups excluding tert-OH is 15. The maximum absolute atomic E-state index is 13.2. The predicted molar refractivity (Wildman–Crippen MR) is 469 cm³/mol. The van der Waals surface area contributed by atoms with Crippen LogP contribution in [0.4, 0.5) is 0 Å². The van der Waals surface area contributed by atoms with Crippen LogP contribution in [0.3, 0.4) is 0 Å². The van der Waals surface area contributed by atoms with Gasteiger partial charge in [-0.3, -0.25) is 9.59 Å². The van der Waals surface area contributed by atoms with Crippen molar-refractivity contribution < 1.29 is 115 Å². The standard InChI is InChI=1S/C50H93NO14.C44H83NO9/c1-3-5-7-9-11-13-15-17-18-19-21-23-25-27-29-31-33-39(55)48(61)51-37(38(54)32-30-28-26-24-22-20-16-14-12-10-8-6-4-2)36-62-49-46(60)44(58)47(41(35-53)64-49)65-50-45(59)43(57)42(56)40(34-52)63-50;1-3-5-7-9-11-13-15-17-18-19-21-23-25-27-29-31-33-38(48)43(52)45-36(35-53-44-42(51)41(50)40(49)39(34-46)54-44)37(47)32-30-28-26-24-22-20-16-14-12-10-8-6-4-2/h22,24,30,32,37-47,49-50,52-60H,3-21,23,25-29,31,33-36H2,1-2H3,(H,51,61);22,24,30,32,36-42,44,46-51H,3-21,23,25-29,31,33-35H2,1-2H3,(H,45,52)/b2*24-22-,32-30+. The predicted octanol–water partition coefficient (Wildman–Crippen LogP) is 13.2. The number of hydrogen-bond donors (Lipinski definition) is 17. The molecule has 0 aromatic carbocycles. The number of carbonyl (C=O) groups excluding carboxylic acids is 2. The van der Waals surface area contributed by atoms with E-state index in [1.165, 1.54) is 244 Å². The minimum atomic E-state index is -1.81. The van der Waals surface area contributed by atoms with Gasteiger partial charge >= 0.3 is 0 Å². The van der Waals surface area contributed by atoms with Gasteiger partial charge in [0.15, 0.2) is 18.9 Å². The van der Waals surface area contributed by atoms with E-state index in [1.54, 1.807) is 12.2 Å². The molecule has 2 amide bonds. The fourth-order valence-electron chi connectivity index (χ4n) is 15.4. The van der Waals surface area contributed by atoms with Crippen molar-refractivity contribution in [2.24, 2.45) is 0 Å². The van der Waals surface area contributed by atoms with Crippen molar-refractivity contribution in [1.29, 1.82) is 0 Å².